The van der Waals surface area contributed by atoms with E-state index in [1.54, 1.807) is 12.4 Å². The summed E-state index contributed by atoms with van der Waals surface area (Å²) >= 11 is 3.21. The number of carbonyl (C=O) groups excluding carboxylic acids is 1. The van der Waals surface area contributed by atoms with Crippen molar-refractivity contribution >= 4 is 21.9 Å². The molecule has 0 bridgehead atoms. The molecule has 1 rings (SSSR count). The normalized spacial score (nSPS) is 12.2. The van der Waals surface area contributed by atoms with Crippen LogP contribution in [0.15, 0.2) is 18.7 Å². The second-order valence-electron chi connectivity index (χ2n) is 2.44. The molecular formula is C8H9BrN2O2. The number of aromatic nitrogens is 2. The molecular weight excluding hydrogens is 236 g/mol. The topological polar surface area (TPSA) is 52.1 Å². The maximum Gasteiger partial charge on any atom is 0.319 e. The zero-order valence-corrected chi connectivity index (χ0v) is 8.69. The van der Waals surface area contributed by atoms with Crippen LogP contribution in [0.25, 0.3) is 0 Å². The first-order valence-electron chi connectivity index (χ1n) is 3.70. The summed E-state index contributed by atoms with van der Waals surface area (Å²) in [4.78, 5) is 18.4. The Bertz CT molecular complexity index is 279. The summed E-state index contributed by atoms with van der Waals surface area (Å²) in [5.41, 5.74) is 0.898. The Labute approximate surface area is 84.5 Å². The third-order valence-corrected chi connectivity index (χ3v) is 2.18. The molecule has 0 spiro atoms. The minimum atomic E-state index is -0.330. The minimum Gasteiger partial charge on any atom is -0.468 e. The average Bonchev–Trinajstić information content (AvgIpc) is 2.18. The molecule has 0 amide bonds. The zero-order valence-electron chi connectivity index (χ0n) is 7.11. The number of ether oxygens (including phenoxy) is 1. The van der Waals surface area contributed by atoms with E-state index in [0.717, 1.165) is 5.56 Å². The van der Waals surface area contributed by atoms with Gasteiger partial charge in [-0.1, -0.05) is 15.9 Å². The average molecular weight is 245 g/mol. The standard InChI is InChI=1S/C8H9BrN2O2/c1-13-8(12)7(9)2-6-3-10-5-11-4-6/h3-5,7H,2H2,1H3. The van der Waals surface area contributed by atoms with Crippen LogP contribution in [0, 0.1) is 0 Å². The van der Waals surface area contributed by atoms with Gasteiger partial charge in [0.2, 0.25) is 0 Å². The van der Waals surface area contributed by atoms with Gasteiger partial charge in [-0.15, -0.1) is 0 Å². The summed E-state index contributed by atoms with van der Waals surface area (Å²) < 4.78 is 4.56. The molecule has 0 aliphatic carbocycles. The fraction of sp³-hybridized carbons (Fsp3) is 0.375. The third-order valence-electron chi connectivity index (χ3n) is 1.49. The van der Waals surface area contributed by atoms with Crippen LogP contribution >= 0.6 is 15.9 Å². The summed E-state index contributed by atoms with van der Waals surface area (Å²) in [6, 6.07) is 0. The van der Waals surface area contributed by atoms with Gasteiger partial charge in [-0.05, 0) is 12.0 Å². The Kier molecular flexibility index (Phi) is 3.82. The van der Waals surface area contributed by atoms with E-state index in [9.17, 15) is 4.79 Å². The van der Waals surface area contributed by atoms with Gasteiger partial charge in [0.25, 0.3) is 0 Å². The monoisotopic (exact) mass is 244 g/mol. The van der Waals surface area contributed by atoms with Gasteiger partial charge in [-0.2, -0.15) is 0 Å². The van der Waals surface area contributed by atoms with Crippen molar-refractivity contribution in [1.82, 2.24) is 9.97 Å². The number of hydrogen-bond acceptors (Lipinski definition) is 4. The molecule has 4 nitrogen and oxygen atoms in total. The van der Waals surface area contributed by atoms with Crippen molar-refractivity contribution in [3.63, 3.8) is 0 Å². The highest BCUT2D eigenvalue weighted by molar-refractivity contribution is 9.10. The van der Waals surface area contributed by atoms with E-state index in [0.29, 0.717) is 6.42 Å². The van der Waals surface area contributed by atoms with E-state index in [1.807, 2.05) is 0 Å². The fourth-order valence-electron chi connectivity index (χ4n) is 0.854. The molecule has 0 saturated carbocycles. The maximum atomic E-state index is 11.0. The lowest BCUT2D eigenvalue weighted by Crippen LogP contribution is -2.18. The van der Waals surface area contributed by atoms with Crippen LogP contribution in [0.4, 0.5) is 0 Å². The zero-order chi connectivity index (χ0) is 9.68. The highest BCUT2D eigenvalue weighted by Gasteiger charge is 2.15. The fourth-order valence-corrected chi connectivity index (χ4v) is 1.41. The van der Waals surface area contributed by atoms with E-state index in [4.69, 9.17) is 0 Å². The van der Waals surface area contributed by atoms with E-state index in [2.05, 4.69) is 30.6 Å². The van der Waals surface area contributed by atoms with Gasteiger partial charge in [0.1, 0.15) is 11.2 Å². The van der Waals surface area contributed by atoms with E-state index in [-0.39, 0.29) is 10.8 Å². The molecule has 0 saturated heterocycles. The third kappa shape index (κ3) is 3.10. The van der Waals surface area contributed by atoms with Crippen molar-refractivity contribution in [3.8, 4) is 0 Å². The lowest BCUT2D eigenvalue weighted by atomic mass is 10.2. The van der Waals surface area contributed by atoms with Gasteiger partial charge in [-0.25, -0.2) is 9.97 Å². The van der Waals surface area contributed by atoms with Crippen LogP contribution in [-0.4, -0.2) is 27.9 Å². The summed E-state index contributed by atoms with van der Waals surface area (Å²) in [6.45, 7) is 0. The number of alkyl halides is 1. The number of halogens is 1. The molecule has 0 radical (unpaired) electrons. The van der Waals surface area contributed by atoms with Crippen molar-refractivity contribution in [1.29, 1.82) is 0 Å². The summed E-state index contributed by atoms with van der Waals surface area (Å²) in [6.07, 6.45) is 5.33. The lowest BCUT2D eigenvalue weighted by molar-refractivity contribution is -0.139. The largest absolute Gasteiger partial charge is 0.468 e. The van der Waals surface area contributed by atoms with Gasteiger partial charge in [0.05, 0.1) is 7.11 Å². The van der Waals surface area contributed by atoms with Crippen molar-refractivity contribution in [2.45, 2.75) is 11.2 Å². The second-order valence-corrected chi connectivity index (χ2v) is 3.55. The van der Waals surface area contributed by atoms with Crippen molar-refractivity contribution in [3.05, 3.63) is 24.3 Å². The quantitative estimate of drug-likeness (QED) is 0.587. The van der Waals surface area contributed by atoms with Gasteiger partial charge >= 0.3 is 5.97 Å². The van der Waals surface area contributed by atoms with Gasteiger partial charge < -0.3 is 4.74 Å². The predicted molar refractivity (Wildman–Crippen MR) is 50.5 cm³/mol. The highest BCUT2D eigenvalue weighted by atomic mass is 79.9. The maximum absolute atomic E-state index is 11.0. The Balaban J connectivity index is 2.55. The first-order valence-corrected chi connectivity index (χ1v) is 4.61. The molecule has 70 valence electrons. The summed E-state index contributed by atoms with van der Waals surface area (Å²) in [5.74, 6) is -0.288. The number of methoxy groups -OCH3 is 1. The van der Waals surface area contributed by atoms with E-state index < -0.39 is 0 Å². The molecule has 0 N–H and O–H groups in total. The first-order chi connectivity index (χ1) is 6.24. The number of hydrogen-bond donors (Lipinski definition) is 0. The van der Waals surface area contributed by atoms with Crippen LogP contribution in [0.1, 0.15) is 5.56 Å². The molecule has 0 aliphatic rings. The number of esters is 1. The van der Waals surface area contributed by atoms with Crippen LogP contribution in [0.3, 0.4) is 0 Å². The van der Waals surface area contributed by atoms with Crippen molar-refractivity contribution < 1.29 is 9.53 Å². The minimum absolute atomic E-state index is 0.288. The summed E-state index contributed by atoms with van der Waals surface area (Å²) in [7, 11) is 1.36. The Hall–Kier alpha value is -0.970. The first kappa shape index (κ1) is 10.1. The van der Waals surface area contributed by atoms with Gasteiger partial charge in [0, 0.05) is 12.4 Å². The van der Waals surface area contributed by atoms with Gasteiger partial charge in [-0.3, -0.25) is 4.79 Å². The molecule has 0 aromatic carbocycles. The highest BCUT2D eigenvalue weighted by Crippen LogP contribution is 2.09. The summed E-state index contributed by atoms with van der Waals surface area (Å²) in [5, 5.41) is 0. The molecule has 1 aromatic rings. The number of nitrogens with zero attached hydrogens (tertiary/aromatic N) is 2. The molecule has 1 atom stereocenters. The lowest BCUT2D eigenvalue weighted by Gasteiger charge is -2.05. The molecule has 13 heavy (non-hydrogen) atoms. The molecule has 1 unspecified atom stereocenters. The second kappa shape index (κ2) is 4.91. The smallest absolute Gasteiger partial charge is 0.319 e. The van der Waals surface area contributed by atoms with Crippen LogP contribution in [0.2, 0.25) is 0 Å². The molecule has 1 heterocycles. The number of carbonyl (C=O) groups is 1. The Morgan fingerprint density at radius 1 is 1.62 bits per heavy atom. The van der Waals surface area contributed by atoms with Crippen molar-refractivity contribution in [2.75, 3.05) is 7.11 Å². The Morgan fingerprint density at radius 2 is 2.23 bits per heavy atom. The molecule has 0 aliphatic heterocycles. The van der Waals surface area contributed by atoms with Crippen LogP contribution in [-0.2, 0) is 16.0 Å². The molecule has 1 aromatic heterocycles. The van der Waals surface area contributed by atoms with Gasteiger partial charge in [0.15, 0.2) is 0 Å². The predicted octanol–water partition coefficient (Wildman–Crippen LogP) is 0.956. The van der Waals surface area contributed by atoms with Crippen LogP contribution < -0.4 is 0 Å². The van der Waals surface area contributed by atoms with Crippen LogP contribution in [0.5, 0.6) is 0 Å². The number of rotatable bonds is 3. The van der Waals surface area contributed by atoms with E-state index >= 15 is 0 Å². The molecule has 0 fully saturated rings. The molecule has 5 heteroatoms. The van der Waals surface area contributed by atoms with Crippen molar-refractivity contribution in [2.24, 2.45) is 0 Å². The SMILES string of the molecule is COC(=O)C(Br)Cc1cncnc1. The van der Waals surface area contributed by atoms with E-state index in [1.165, 1.54) is 13.4 Å². The Morgan fingerprint density at radius 3 is 2.77 bits per heavy atom.